The van der Waals surface area contributed by atoms with Crippen molar-refractivity contribution >= 4 is 35.0 Å². The minimum absolute atomic E-state index is 0.0797. The van der Waals surface area contributed by atoms with Crippen LogP contribution in [0.5, 0.6) is 0 Å². The number of rotatable bonds is 6. The van der Waals surface area contributed by atoms with Crippen LogP contribution in [0.2, 0.25) is 5.28 Å². The van der Waals surface area contributed by atoms with E-state index in [1.54, 1.807) is 13.8 Å². The summed E-state index contributed by atoms with van der Waals surface area (Å²) in [6, 6.07) is -0.428. The molecule has 1 aliphatic carbocycles. The number of hydrogen-bond acceptors (Lipinski definition) is 8. The smallest absolute Gasteiger partial charge is 0.329 e. The SMILES string of the molecule is CCOC(=O)[C@@]1(C)CC[C@H](Nc2nc(Cl)ncc2[N+](=O)[O-])CC1C(=O)O. The molecule has 0 saturated heterocycles. The van der Waals surface area contributed by atoms with E-state index in [9.17, 15) is 24.8 Å². The van der Waals surface area contributed by atoms with Gasteiger partial charge in [0.05, 0.1) is 22.9 Å². The lowest BCUT2D eigenvalue weighted by Crippen LogP contribution is -2.48. The van der Waals surface area contributed by atoms with Crippen LogP contribution in [0.4, 0.5) is 11.5 Å². The Morgan fingerprint density at radius 2 is 2.27 bits per heavy atom. The van der Waals surface area contributed by atoms with Gasteiger partial charge < -0.3 is 15.2 Å². The molecule has 26 heavy (non-hydrogen) atoms. The van der Waals surface area contributed by atoms with E-state index < -0.39 is 34.2 Å². The van der Waals surface area contributed by atoms with Gasteiger partial charge in [0.2, 0.25) is 11.1 Å². The Morgan fingerprint density at radius 1 is 1.58 bits per heavy atom. The number of carbonyl (C=O) groups excluding carboxylic acids is 1. The molecule has 2 rings (SSSR count). The van der Waals surface area contributed by atoms with Gasteiger partial charge in [0.15, 0.2) is 0 Å². The van der Waals surface area contributed by atoms with Crippen LogP contribution in [0.3, 0.4) is 0 Å². The summed E-state index contributed by atoms with van der Waals surface area (Å²) in [7, 11) is 0. The maximum Gasteiger partial charge on any atom is 0.329 e. The van der Waals surface area contributed by atoms with E-state index in [2.05, 4.69) is 15.3 Å². The second-order valence-electron chi connectivity index (χ2n) is 6.27. The minimum Gasteiger partial charge on any atom is -0.481 e. The van der Waals surface area contributed by atoms with Gasteiger partial charge in [0.1, 0.15) is 6.20 Å². The molecule has 1 heterocycles. The molecule has 0 aromatic carbocycles. The number of nitrogens with zero attached hydrogens (tertiary/aromatic N) is 3. The number of aromatic nitrogens is 2. The standard InChI is InChI=1S/C15H19ClN4O6/c1-3-26-13(23)15(2)5-4-8(6-9(15)12(21)22)18-11-10(20(24)25)7-17-14(16)19-11/h7-9H,3-6H2,1-2H3,(H,21,22)(H,17,18,19)/t8-,9?,15-/m0/s1. The Hall–Kier alpha value is -2.49. The summed E-state index contributed by atoms with van der Waals surface area (Å²) in [5.41, 5.74) is -1.52. The highest BCUT2D eigenvalue weighted by Crippen LogP contribution is 2.43. The maximum absolute atomic E-state index is 12.3. The number of ether oxygens (including phenoxy) is 1. The van der Waals surface area contributed by atoms with Gasteiger partial charge in [-0.15, -0.1) is 0 Å². The maximum atomic E-state index is 12.3. The van der Waals surface area contributed by atoms with E-state index in [0.717, 1.165) is 6.20 Å². The van der Waals surface area contributed by atoms with E-state index in [-0.39, 0.29) is 36.2 Å². The first-order valence-electron chi connectivity index (χ1n) is 8.02. The van der Waals surface area contributed by atoms with Gasteiger partial charge in [-0.3, -0.25) is 19.7 Å². The molecule has 3 atom stereocenters. The van der Waals surface area contributed by atoms with Crippen LogP contribution in [0.15, 0.2) is 6.20 Å². The fourth-order valence-electron chi connectivity index (χ4n) is 3.14. The van der Waals surface area contributed by atoms with Crippen molar-refractivity contribution < 1.29 is 24.4 Å². The first-order chi connectivity index (χ1) is 12.2. The number of carboxylic acids is 1. The van der Waals surface area contributed by atoms with E-state index in [4.69, 9.17) is 16.3 Å². The highest BCUT2D eigenvalue weighted by atomic mass is 35.5. The second kappa shape index (κ2) is 7.81. The van der Waals surface area contributed by atoms with Gasteiger partial charge in [-0.05, 0) is 44.7 Å². The molecule has 1 fully saturated rings. The van der Waals surface area contributed by atoms with Gasteiger partial charge in [-0.25, -0.2) is 4.98 Å². The van der Waals surface area contributed by atoms with Crippen molar-refractivity contribution in [1.82, 2.24) is 9.97 Å². The lowest BCUT2D eigenvalue weighted by molar-refractivity contribution is -0.384. The fraction of sp³-hybridized carbons (Fsp3) is 0.600. The Balaban J connectivity index is 2.23. The second-order valence-corrected chi connectivity index (χ2v) is 6.61. The topological polar surface area (TPSA) is 145 Å². The lowest BCUT2D eigenvalue weighted by Gasteiger charge is -2.40. The zero-order valence-corrected chi connectivity index (χ0v) is 15.0. The Kier molecular flexibility index (Phi) is 5.96. The van der Waals surface area contributed by atoms with E-state index >= 15 is 0 Å². The van der Waals surface area contributed by atoms with Crippen LogP contribution in [0.1, 0.15) is 33.1 Å². The van der Waals surface area contributed by atoms with E-state index in [0.29, 0.717) is 6.42 Å². The summed E-state index contributed by atoms with van der Waals surface area (Å²) in [5, 5.41) is 23.4. The monoisotopic (exact) mass is 386 g/mol. The highest BCUT2D eigenvalue weighted by Gasteiger charge is 2.50. The number of aliphatic carboxylic acids is 1. The number of nitro groups is 1. The quantitative estimate of drug-likeness (QED) is 0.325. The summed E-state index contributed by atoms with van der Waals surface area (Å²) >= 11 is 5.70. The van der Waals surface area contributed by atoms with E-state index in [1.807, 2.05) is 0 Å². The van der Waals surface area contributed by atoms with Gasteiger partial charge in [-0.1, -0.05) is 0 Å². The molecule has 142 valence electrons. The average molecular weight is 387 g/mol. The number of anilines is 1. The largest absolute Gasteiger partial charge is 0.481 e. The number of carboxylic acid groups (broad SMARTS) is 1. The van der Waals surface area contributed by atoms with Gasteiger partial charge in [-0.2, -0.15) is 4.98 Å². The van der Waals surface area contributed by atoms with Crippen molar-refractivity contribution in [2.45, 2.75) is 39.2 Å². The highest BCUT2D eigenvalue weighted by molar-refractivity contribution is 6.28. The number of halogens is 1. The zero-order chi connectivity index (χ0) is 19.5. The molecule has 1 aliphatic rings. The van der Waals surface area contributed by atoms with Crippen molar-refractivity contribution in [3.8, 4) is 0 Å². The molecule has 0 spiro atoms. The Labute approximate surface area is 154 Å². The lowest BCUT2D eigenvalue weighted by atomic mass is 9.66. The molecule has 1 unspecified atom stereocenters. The molecule has 2 N–H and O–H groups in total. The molecule has 10 nitrogen and oxygen atoms in total. The predicted molar refractivity (Wildman–Crippen MR) is 90.8 cm³/mol. The average Bonchev–Trinajstić information content (AvgIpc) is 2.56. The van der Waals surface area contributed by atoms with Crippen LogP contribution < -0.4 is 5.32 Å². The van der Waals surface area contributed by atoms with Gasteiger partial charge in [0.25, 0.3) is 0 Å². The summed E-state index contributed by atoms with van der Waals surface area (Å²) in [5.74, 6) is -2.75. The third-order valence-electron chi connectivity index (χ3n) is 4.62. The van der Waals surface area contributed by atoms with Crippen molar-refractivity contribution in [3.05, 3.63) is 21.6 Å². The molecule has 1 aromatic heterocycles. The molecule has 0 aliphatic heterocycles. The third kappa shape index (κ3) is 4.01. The molecule has 0 bridgehead atoms. The molecule has 0 amide bonds. The van der Waals surface area contributed by atoms with Crippen LogP contribution in [0.25, 0.3) is 0 Å². The predicted octanol–water partition coefficient (Wildman–Crippen LogP) is 2.27. The molecular formula is C15H19ClN4O6. The van der Waals surface area contributed by atoms with Crippen molar-refractivity contribution in [1.29, 1.82) is 0 Å². The van der Waals surface area contributed by atoms with Crippen LogP contribution in [-0.4, -0.2) is 44.6 Å². The summed E-state index contributed by atoms with van der Waals surface area (Å²) < 4.78 is 5.03. The van der Waals surface area contributed by atoms with E-state index in [1.165, 1.54) is 0 Å². The van der Waals surface area contributed by atoms with Crippen LogP contribution >= 0.6 is 11.6 Å². The normalized spacial score (nSPS) is 25.3. The Bertz CT molecular complexity index is 730. The zero-order valence-electron chi connectivity index (χ0n) is 14.3. The molecule has 0 radical (unpaired) electrons. The molecular weight excluding hydrogens is 368 g/mol. The van der Waals surface area contributed by atoms with Gasteiger partial charge in [0, 0.05) is 6.04 Å². The van der Waals surface area contributed by atoms with Crippen molar-refractivity contribution in [3.63, 3.8) is 0 Å². The van der Waals surface area contributed by atoms with Crippen molar-refractivity contribution in [2.75, 3.05) is 11.9 Å². The fourth-order valence-corrected chi connectivity index (χ4v) is 3.28. The summed E-state index contributed by atoms with van der Waals surface area (Å²) in [6.07, 6.45) is 1.74. The number of nitrogens with one attached hydrogen (secondary N) is 1. The van der Waals surface area contributed by atoms with Crippen LogP contribution in [-0.2, 0) is 14.3 Å². The van der Waals surface area contributed by atoms with Gasteiger partial charge >= 0.3 is 17.6 Å². The third-order valence-corrected chi connectivity index (χ3v) is 4.80. The Morgan fingerprint density at radius 3 is 2.85 bits per heavy atom. The van der Waals surface area contributed by atoms with Crippen molar-refractivity contribution in [2.24, 2.45) is 11.3 Å². The molecule has 1 saturated carbocycles. The first-order valence-corrected chi connectivity index (χ1v) is 8.40. The summed E-state index contributed by atoms with van der Waals surface area (Å²) in [6.45, 7) is 3.39. The minimum atomic E-state index is -1.16. The number of esters is 1. The number of carbonyl (C=O) groups is 2. The number of hydrogen-bond donors (Lipinski definition) is 2. The van der Waals surface area contributed by atoms with Crippen LogP contribution in [0, 0.1) is 21.4 Å². The molecule has 11 heteroatoms. The summed E-state index contributed by atoms with van der Waals surface area (Å²) in [4.78, 5) is 41.8. The molecule has 1 aromatic rings. The first kappa shape index (κ1) is 19.8.